The molecule has 1 aromatic rings. The molecule has 0 aliphatic carbocycles. The molecule has 1 fully saturated rings. The number of aromatic nitrogens is 1. The van der Waals surface area contributed by atoms with Gasteiger partial charge < -0.3 is 15.5 Å². The van der Waals surface area contributed by atoms with E-state index in [0.717, 1.165) is 11.1 Å². The maximum absolute atomic E-state index is 12.0. The maximum Gasteiger partial charge on any atom is 0.410 e. The lowest BCUT2D eigenvalue weighted by molar-refractivity contribution is 0.0309. The molecule has 23 heavy (non-hydrogen) atoms. The molecule has 1 aliphatic rings. The van der Waals surface area contributed by atoms with Crippen molar-refractivity contribution < 1.29 is 9.53 Å². The van der Waals surface area contributed by atoms with Gasteiger partial charge in [0.25, 0.3) is 0 Å². The molecule has 2 N–H and O–H groups in total. The molecule has 0 aromatic carbocycles. The van der Waals surface area contributed by atoms with Crippen molar-refractivity contribution >= 4 is 11.8 Å². The van der Waals surface area contributed by atoms with Gasteiger partial charge in [-0.05, 0) is 44.9 Å². The van der Waals surface area contributed by atoms with E-state index in [0.29, 0.717) is 18.8 Å². The normalized spacial score (nSPS) is 16.8. The fourth-order valence-corrected chi connectivity index (χ4v) is 2.20. The lowest BCUT2D eigenvalue weighted by Crippen LogP contribution is -2.35. The van der Waals surface area contributed by atoms with Gasteiger partial charge in [-0.3, -0.25) is 9.88 Å². The van der Waals surface area contributed by atoms with Crippen molar-refractivity contribution in [2.45, 2.75) is 39.8 Å². The zero-order chi connectivity index (χ0) is 17.0. The van der Waals surface area contributed by atoms with Gasteiger partial charge >= 0.3 is 6.09 Å². The average molecular weight is 316 g/mol. The third-order valence-corrected chi connectivity index (χ3v) is 3.47. The lowest BCUT2D eigenvalue weighted by atomic mass is 10.1. The first-order valence-corrected chi connectivity index (χ1v) is 7.64. The minimum Gasteiger partial charge on any atom is -0.444 e. The summed E-state index contributed by atoms with van der Waals surface area (Å²) in [5.74, 6) is 0. The summed E-state index contributed by atoms with van der Waals surface area (Å²) in [4.78, 5) is 17.7. The second kappa shape index (κ2) is 6.81. The smallest absolute Gasteiger partial charge is 0.410 e. The Bertz CT molecular complexity index is 632. The molecule has 2 heterocycles. The molecule has 124 valence electrons. The van der Waals surface area contributed by atoms with Crippen LogP contribution in [-0.2, 0) is 11.3 Å². The van der Waals surface area contributed by atoms with Gasteiger partial charge in [0.1, 0.15) is 5.60 Å². The summed E-state index contributed by atoms with van der Waals surface area (Å²) in [5, 5.41) is 11.2. The zero-order valence-corrected chi connectivity index (χ0v) is 14.1. The van der Waals surface area contributed by atoms with Gasteiger partial charge in [-0.1, -0.05) is 0 Å². The highest BCUT2D eigenvalue weighted by atomic mass is 16.6. The van der Waals surface area contributed by atoms with Gasteiger partial charge in [-0.25, -0.2) is 4.79 Å². The van der Waals surface area contributed by atoms with Crippen LogP contribution in [0.15, 0.2) is 30.2 Å². The number of carbonyl (C=O) groups excluding carboxylic acids is 1. The average Bonchev–Trinajstić information content (AvgIpc) is 2.81. The van der Waals surface area contributed by atoms with Gasteiger partial charge in [0.15, 0.2) is 0 Å². The number of likely N-dealkylation sites (tertiary alicyclic amines) is 1. The van der Waals surface area contributed by atoms with Gasteiger partial charge in [0.2, 0.25) is 0 Å². The highest BCUT2D eigenvalue weighted by molar-refractivity contribution is 6.03. The third-order valence-electron chi connectivity index (χ3n) is 3.47. The van der Waals surface area contributed by atoms with E-state index in [1.807, 2.05) is 40.0 Å². The van der Waals surface area contributed by atoms with E-state index < -0.39 is 5.60 Å². The predicted molar refractivity (Wildman–Crippen MR) is 89.4 cm³/mol. The van der Waals surface area contributed by atoms with Crippen molar-refractivity contribution in [3.8, 4) is 0 Å². The molecule has 0 spiro atoms. The Morgan fingerprint density at radius 1 is 1.48 bits per heavy atom. The maximum atomic E-state index is 12.0. The van der Waals surface area contributed by atoms with Crippen molar-refractivity contribution in [1.82, 2.24) is 15.2 Å². The Labute approximate surface area is 137 Å². The molecule has 0 saturated carbocycles. The summed E-state index contributed by atoms with van der Waals surface area (Å²) in [5.41, 5.74) is 2.99. The minimum atomic E-state index is -0.526. The standard InChI is InChI=1S/C17H24N4O2/c1-12-5-6-19-7-13(12)8-20-9-14-10-21(11-15(14)18)16(22)23-17(2,3)4/h5-7,9,18,20H,8,10-11H2,1-4H3/b14-9-,18-15?. The van der Waals surface area contributed by atoms with E-state index in [-0.39, 0.29) is 12.6 Å². The largest absolute Gasteiger partial charge is 0.444 e. The first-order chi connectivity index (χ1) is 10.8. The van der Waals surface area contributed by atoms with Crippen molar-refractivity contribution in [3.63, 3.8) is 0 Å². The molecule has 1 amide bonds. The van der Waals surface area contributed by atoms with Gasteiger partial charge in [0, 0.05) is 30.7 Å². The molecule has 1 aliphatic heterocycles. The Morgan fingerprint density at radius 3 is 2.87 bits per heavy atom. The van der Waals surface area contributed by atoms with E-state index in [4.69, 9.17) is 10.1 Å². The van der Waals surface area contributed by atoms with Crippen LogP contribution < -0.4 is 5.32 Å². The van der Waals surface area contributed by atoms with E-state index in [1.54, 1.807) is 12.4 Å². The topological polar surface area (TPSA) is 78.3 Å². The lowest BCUT2D eigenvalue weighted by Gasteiger charge is -2.23. The quantitative estimate of drug-likeness (QED) is 0.898. The first kappa shape index (κ1) is 17.0. The second-order valence-electron chi connectivity index (χ2n) is 6.67. The summed E-state index contributed by atoms with van der Waals surface area (Å²) < 4.78 is 5.34. The fraction of sp³-hybridized carbons (Fsp3) is 0.471. The molecule has 6 heteroatoms. The number of hydrogen-bond acceptors (Lipinski definition) is 5. The number of rotatable bonds is 3. The molecule has 6 nitrogen and oxygen atoms in total. The number of aryl methyl sites for hydroxylation is 1. The van der Waals surface area contributed by atoms with Gasteiger partial charge in [-0.2, -0.15) is 0 Å². The van der Waals surface area contributed by atoms with Crippen LogP contribution in [0.5, 0.6) is 0 Å². The van der Waals surface area contributed by atoms with Crippen LogP contribution in [0.2, 0.25) is 0 Å². The van der Waals surface area contributed by atoms with Crippen LogP contribution in [0.1, 0.15) is 31.9 Å². The number of hydrogen-bond donors (Lipinski definition) is 2. The van der Waals surface area contributed by atoms with Crippen LogP contribution in [-0.4, -0.2) is 40.4 Å². The predicted octanol–water partition coefficient (Wildman–Crippen LogP) is 2.63. The molecule has 2 rings (SSSR count). The van der Waals surface area contributed by atoms with Crippen molar-refractivity contribution in [2.24, 2.45) is 0 Å². The van der Waals surface area contributed by atoms with Crippen molar-refractivity contribution in [2.75, 3.05) is 13.1 Å². The van der Waals surface area contributed by atoms with Gasteiger partial charge in [-0.15, -0.1) is 0 Å². The van der Waals surface area contributed by atoms with Gasteiger partial charge in [0.05, 0.1) is 18.8 Å². The SMILES string of the molecule is Cc1ccncc1CN/C=C1/CN(C(=O)OC(C)(C)C)CC1=N. The first-order valence-electron chi connectivity index (χ1n) is 7.64. The molecule has 1 aromatic heterocycles. The van der Waals surface area contributed by atoms with E-state index in [9.17, 15) is 4.79 Å². The van der Waals surface area contributed by atoms with Crippen LogP contribution in [0, 0.1) is 12.3 Å². The molecule has 0 atom stereocenters. The monoisotopic (exact) mass is 316 g/mol. The summed E-state index contributed by atoms with van der Waals surface area (Å²) >= 11 is 0. The van der Waals surface area contributed by atoms with E-state index in [2.05, 4.69) is 10.3 Å². The fourth-order valence-electron chi connectivity index (χ4n) is 2.20. The number of nitrogens with one attached hydrogen (secondary N) is 2. The Hall–Kier alpha value is -2.37. The molecule has 0 unspecified atom stereocenters. The number of nitrogens with zero attached hydrogens (tertiary/aromatic N) is 2. The highest BCUT2D eigenvalue weighted by Gasteiger charge is 2.29. The number of ether oxygens (including phenoxy) is 1. The molecular weight excluding hydrogens is 292 g/mol. The molecule has 0 radical (unpaired) electrons. The van der Waals surface area contributed by atoms with Crippen LogP contribution in [0.25, 0.3) is 0 Å². The number of pyridine rings is 1. The van der Waals surface area contributed by atoms with E-state index >= 15 is 0 Å². The zero-order valence-electron chi connectivity index (χ0n) is 14.1. The third kappa shape index (κ3) is 4.81. The summed E-state index contributed by atoms with van der Waals surface area (Å²) in [6, 6.07) is 1.96. The Balaban J connectivity index is 1.92. The second-order valence-corrected chi connectivity index (χ2v) is 6.67. The highest BCUT2D eigenvalue weighted by Crippen LogP contribution is 2.16. The summed E-state index contributed by atoms with van der Waals surface area (Å²) in [6.45, 7) is 8.86. The van der Waals surface area contributed by atoms with Crippen LogP contribution >= 0.6 is 0 Å². The Kier molecular flexibility index (Phi) is 5.03. The van der Waals surface area contributed by atoms with Crippen molar-refractivity contribution in [3.05, 3.63) is 41.4 Å². The van der Waals surface area contributed by atoms with Crippen LogP contribution in [0.3, 0.4) is 0 Å². The van der Waals surface area contributed by atoms with Crippen LogP contribution in [0.4, 0.5) is 4.79 Å². The molecular formula is C17H24N4O2. The summed E-state index contributed by atoms with van der Waals surface area (Å²) in [7, 11) is 0. The summed E-state index contributed by atoms with van der Waals surface area (Å²) in [6.07, 6.45) is 5.02. The van der Waals surface area contributed by atoms with E-state index in [1.165, 1.54) is 10.5 Å². The number of amides is 1. The minimum absolute atomic E-state index is 0.286. The number of carbonyl (C=O) groups is 1. The van der Waals surface area contributed by atoms with Crippen molar-refractivity contribution in [1.29, 1.82) is 5.41 Å². The Morgan fingerprint density at radius 2 is 2.22 bits per heavy atom. The molecule has 0 bridgehead atoms. The molecule has 1 saturated heterocycles.